The van der Waals surface area contributed by atoms with E-state index in [1.54, 1.807) is 29.2 Å². The molecule has 1 fully saturated rings. The summed E-state index contributed by atoms with van der Waals surface area (Å²) in [5, 5.41) is 2.64. The molecule has 1 aliphatic heterocycles. The summed E-state index contributed by atoms with van der Waals surface area (Å²) in [7, 11) is 0. The molecule has 0 radical (unpaired) electrons. The number of para-hydroxylation sites is 1. The van der Waals surface area contributed by atoms with Crippen molar-refractivity contribution in [1.82, 2.24) is 9.80 Å². The van der Waals surface area contributed by atoms with Crippen LogP contribution < -0.4 is 5.32 Å². The summed E-state index contributed by atoms with van der Waals surface area (Å²) in [6.45, 7) is 3.21. The van der Waals surface area contributed by atoms with E-state index in [9.17, 15) is 14.4 Å². The lowest BCUT2D eigenvalue weighted by molar-refractivity contribution is -0.144. The molecule has 130 valence electrons. The summed E-state index contributed by atoms with van der Waals surface area (Å²) in [6.07, 6.45) is 1.45. The number of anilines is 1. The van der Waals surface area contributed by atoms with Crippen molar-refractivity contribution in [3.63, 3.8) is 0 Å². The number of hydrogen-bond donors (Lipinski definition) is 1. The van der Waals surface area contributed by atoms with Crippen molar-refractivity contribution in [3.05, 3.63) is 54.0 Å². The number of nitrogens with one attached hydrogen (secondary N) is 1. The first-order valence-corrected chi connectivity index (χ1v) is 8.05. The highest BCUT2D eigenvalue weighted by molar-refractivity contribution is 6.39. The molecule has 0 aliphatic carbocycles. The maximum absolute atomic E-state index is 12.3. The Balaban J connectivity index is 1.55. The van der Waals surface area contributed by atoms with Gasteiger partial charge in [0.1, 0.15) is 0 Å². The van der Waals surface area contributed by atoms with Gasteiger partial charge >= 0.3 is 11.8 Å². The molecule has 25 heavy (non-hydrogen) atoms. The summed E-state index contributed by atoms with van der Waals surface area (Å²) >= 11 is 0. The molecule has 0 spiro atoms. The van der Waals surface area contributed by atoms with Crippen LogP contribution in [0.15, 0.2) is 47.1 Å². The van der Waals surface area contributed by atoms with Gasteiger partial charge in [0.05, 0.1) is 6.26 Å². The van der Waals surface area contributed by atoms with Gasteiger partial charge in [-0.3, -0.25) is 14.4 Å². The van der Waals surface area contributed by atoms with Crippen LogP contribution >= 0.6 is 0 Å². The number of rotatable bonds is 2. The van der Waals surface area contributed by atoms with Crippen LogP contribution in [0.1, 0.15) is 16.1 Å². The lowest BCUT2D eigenvalue weighted by Gasteiger charge is -2.33. The number of amides is 3. The summed E-state index contributed by atoms with van der Waals surface area (Å²) in [6, 6.07) is 10.5. The Morgan fingerprint density at radius 3 is 2.28 bits per heavy atom. The molecule has 1 aliphatic rings. The van der Waals surface area contributed by atoms with E-state index in [1.807, 2.05) is 19.1 Å². The van der Waals surface area contributed by atoms with Crippen molar-refractivity contribution >= 4 is 23.4 Å². The molecule has 7 heteroatoms. The van der Waals surface area contributed by atoms with Crippen molar-refractivity contribution in [1.29, 1.82) is 0 Å². The van der Waals surface area contributed by atoms with Gasteiger partial charge < -0.3 is 19.5 Å². The highest BCUT2D eigenvalue weighted by Crippen LogP contribution is 2.14. The molecule has 2 aromatic rings. The summed E-state index contributed by atoms with van der Waals surface area (Å²) < 4.78 is 5.10. The smallest absolute Gasteiger partial charge is 0.313 e. The molecule has 7 nitrogen and oxygen atoms in total. The predicted molar refractivity (Wildman–Crippen MR) is 91.0 cm³/mol. The lowest BCUT2D eigenvalue weighted by atomic mass is 10.2. The fourth-order valence-corrected chi connectivity index (χ4v) is 2.70. The Morgan fingerprint density at radius 2 is 1.64 bits per heavy atom. The second-order valence-corrected chi connectivity index (χ2v) is 5.83. The van der Waals surface area contributed by atoms with Crippen LogP contribution in [0.5, 0.6) is 0 Å². The fraction of sp³-hybridized carbons (Fsp3) is 0.278. The van der Waals surface area contributed by atoms with Gasteiger partial charge in [0, 0.05) is 31.9 Å². The van der Waals surface area contributed by atoms with E-state index in [0.717, 1.165) is 5.56 Å². The van der Waals surface area contributed by atoms with Gasteiger partial charge in [0.25, 0.3) is 5.91 Å². The molecule has 2 heterocycles. The van der Waals surface area contributed by atoms with E-state index in [4.69, 9.17) is 4.42 Å². The van der Waals surface area contributed by atoms with Gasteiger partial charge in [-0.15, -0.1) is 0 Å². The van der Waals surface area contributed by atoms with Crippen LogP contribution in [0.25, 0.3) is 0 Å². The molecule has 0 unspecified atom stereocenters. The average molecular weight is 341 g/mol. The number of nitrogens with zero attached hydrogens (tertiary/aromatic N) is 2. The Morgan fingerprint density at radius 1 is 0.960 bits per heavy atom. The summed E-state index contributed by atoms with van der Waals surface area (Å²) in [4.78, 5) is 39.7. The topological polar surface area (TPSA) is 82.9 Å². The van der Waals surface area contributed by atoms with Crippen molar-refractivity contribution in [2.45, 2.75) is 6.92 Å². The first-order valence-electron chi connectivity index (χ1n) is 8.05. The zero-order valence-corrected chi connectivity index (χ0v) is 13.9. The third kappa shape index (κ3) is 3.71. The molecule has 1 saturated heterocycles. The average Bonchev–Trinajstić information content (AvgIpc) is 3.17. The normalized spacial score (nSPS) is 14.3. The largest absolute Gasteiger partial charge is 0.459 e. The Bertz CT molecular complexity index is 777. The molecule has 1 N–H and O–H groups in total. The van der Waals surface area contributed by atoms with Crippen LogP contribution in [0.2, 0.25) is 0 Å². The lowest BCUT2D eigenvalue weighted by Crippen LogP contribution is -2.53. The van der Waals surface area contributed by atoms with Crippen molar-refractivity contribution < 1.29 is 18.8 Å². The van der Waals surface area contributed by atoms with E-state index in [1.165, 1.54) is 11.2 Å². The molecule has 3 amide bonds. The Hall–Kier alpha value is -3.09. The van der Waals surface area contributed by atoms with Gasteiger partial charge in [-0.2, -0.15) is 0 Å². The molecule has 3 rings (SSSR count). The third-order valence-corrected chi connectivity index (χ3v) is 4.17. The zero-order chi connectivity index (χ0) is 17.8. The van der Waals surface area contributed by atoms with Crippen molar-refractivity contribution in [3.8, 4) is 0 Å². The molecule has 0 bridgehead atoms. The van der Waals surface area contributed by atoms with Crippen LogP contribution in [0.3, 0.4) is 0 Å². The van der Waals surface area contributed by atoms with Gasteiger partial charge in [-0.1, -0.05) is 18.2 Å². The number of piperazine rings is 1. The quantitative estimate of drug-likeness (QED) is 0.840. The van der Waals surface area contributed by atoms with Crippen molar-refractivity contribution in [2.75, 3.05) is 31.5 Å². The maximum atomic E-state index is 12.3. The van der Waals surface area contributed by atoms with Gasteiger partial charge in [0.15, 0.2) is 5.76 Å². The predicted octanol–water partition coefficient (Wildman–Crippen LogP) is 1.51. The number of furan rings is 1. The molecule has 1 aromatic carbocycles. The van der Waals surface area contributed by atoms with Crippen LogP contribution in [-0.2, 0) is 9.59 Å². The highest BCUT2D eigenvalue weighted by Gasteiger charge is 2.29. The second-order valence-electron chi connectivity index (χ2n) is 5.83. The standard InChI is InChI=1S/C18H19N3O4/c1-13-5-2-3-6-14(13)19-16(22)18(24)21-10-8-20(9-11-21)17(23)15-7-4-12-25-15/h2-7,12H,8-11H2,1H3,(H,19,22). The summed E-state index contributed by atoms with van der Waals surface area (Å²) in [5.41, 5.74) is 1.50. The fourth-order valence-electron chi connectivity index (χ4n) is 2.70. The number of aryl methyl sites for hydroxylation is 1. The zero-order valence-electron chi connectivity index (χ0n) is 13.9. The van der Waals surface area contributed by atoms with Crippen LogP contribution in [0, 0.1) is 6.92 Å². The van der Waals surface area contributed by atoms with E-state index < -0.39 is 11.8 Å². The number of carbonyl (C=O) groups excluding carboxylic acids is 3. The van der Waals surface area contributed by atoms with Gasteiger partial charge in [-0.05, 0) is 30.7 Å². The minimum atomic E-state index is -0.667. The molecular weight excluding hydrogens is 322 g/mol. The van der Waals surface area contributed by atoms with E-state index >= 15 is 0 Å². The first kappa shape index (κ1) is 16.8. The SMILES string of the molecule is Cc1ccccc1NC(=O)C(=O)N1CCN(C(=O)c2ccco2)CC1. The number of benzene rings is 1. The maximum Gasteiger partial charge on any atom is 0.313 e. The van der Waals surface area contributed by atoms with E-state index in [2.05, 4.69) is 5.32 Å². The Labute approximate surface area is 145 Å². The first-order chi connectivity index (χ1) is 12.1. The van der Waals surface area contributed by atoms with Gasteiger partial charge in [-0.25, -0.2) is 0 Å². The van der Waals surface area contributed by atoms with Crippen molar-refractivity contribution in [2.24, 2.45) is 0 Å². The highest BCUT2D eigenvalue weighted by atomic mass is 16.3. The number of hydrogen-bond acceptors (Lipinski definition) is 4. The van der Waals surface area contributed by atoms with E-state index in [0.29, 0.717) is 31.9 Å². The van der Waals surface area contributed by atoms with Crippen LogP contribution in [-0.4, -0.2) is 53.7 Å². The monoisotopic (exact) mass is 341 g/mol. The third-order valence-electron chi connectivity index (χ3n) is 4.17. The molecular formula is C18H19N3O4. The van der Waals surface area contributed by atoms with E-state index in [-0.39, 0.29) is 11.7 Å². The molecule has 0 atom stereocenters. The van der Waals surface area contributed by atoms with Gasteiger partial charge in [0.2, 0.25) is 0 Å². The molecule has 1 aromatic heterocycles. The number of carbonyl (C=O) groups is 3. The Kier molecular flexibility index (Phi) is 4.83. The minimum Gasteiger partial charge on any atom is -0.459 e. The summed E-state index contributed by atoms with van der Waals surface area (Å²) in [5.74, 6) is -1.19. The second kappa shape index (κ2) is 7.21. The molecule has 0 saturated carbocycles. The van der Waals surface area contributed by atoms with Crippen LogP contribution in [0.4, 0.5) is 5.69 Å². The minimum absolute atomic E-state index is 0.207.